The number of ether oxygens (including phenoxy) is 1. The molecule has 3 nitrogen and oxygen atoms in total. The molecule has 0 atom stereocenters. The maximum atomic E-state index is 14.6. The standard InChI is InChI=1S/C20H21BrFNO2/c1-13-7-9-23(10-8-13)18-5-3-15(12-17(18)22)20(24)14-4-6-19(25-2)16(21)11-14/h3-6,11-13H,7-10H2,1-2H3. The van der Waals surface area contributed by atoms with Crippen molar-refractivity contribution in [2.24, 2.45) is 5.92 Å². The molecule has 0 saturated carbocycles. The molecule has 1 aliphatic rings. The van der Waals surface area contributed by atoms with Gasteiger partial charge in [-0.2, -0.15) is 0 Å². The highest BCUT2D eigenvalue weighted by Gasteiger charge is 2.20. The molecule has 5 heteroatoms. The van der Waals surface area contributed by atoms with Crippen molar-refractivity contribution in [1.82, 2.24) is 0 Å². The Morgan fingerprint density at radius 2 is 1.80 bits per heavy atom. The number of anilines is 1. The lowest BCUT2D eigenvalue weighted by molar-refractivity contribution is 0.103. The normalized spacial score (nSPS) is 15.3. The monoisotopic (exact) mass is 405 g/mol. The van der Waals surface area contributed by atoms with E-state index in [0.29, 0.717) is 33.0 Å². The number of hydrogen-bond acceptors (Lipinski definition) is 3. The van der Waals surface area contributed by atoms with Gasteiger partial charge in [-0.15, -0.1) is 0 Å². The van der Waals surface area contributed by atoms with Gasteiger partial charge in [-0.25, -0.2) is 4.39 Å². The fourth-order valence-electron chi connectivity index (χ4n) is 3.13. The van der Waals surface area contributed by atoms with Gasteiger partial charge in [0.1, 0.15) is 11.6 Å². The van der Waals surface area contributed by atoms with Gasteiger partial charge in [0.15, 0.2) is 5.78 Å². The highest BCUT2D eigenvalue weighted by atomic mass is 79.9. The minimum atomic E-state index is -0.340. The van der Waals surface area contributed by atoms with Crippen LogP contribution in [0.2, 0.25) is 0 Å². The van der Waals surface area contributed by atoms with Gasteiger partial charge in [0.2, 0.25) is 0 Å². The van der Waals surface area contributed by atoms with E-state index in [1.54, 1.807) is 37.4 Å². The lowest BCUT2D eigenvalue weighted by Crippen LogP contribution is -2.33. The summed E-state index contributed by atoms with van der Waals surface area (Å²) in [6.07, 6.45) is 2.14. The SMILES string of the molecule is COc1ccc(C(=O)c2ccc(N3CCC(C)CC3)c(F)c2)cc1Br. The summed E-state index contributed by atoms with van der Waals surface area (Å²) in [5, 5.41) is 0. The van der Waals surface area contributed by atoms with Crippen LogP contribution in [0.15, 0.2) is 40.9 Å². The van der Waals surface area contributed by atoms with Crippen molar-refractivity contribution in [2.75, 3.05) is 25.1 Å². The third-order valence-electron chi connectivity index (χ3n) is 4.75. The van der Waals surface area contributed by atoms with Crippen molar-refractivity contribution in [2.45, 2.75) is 19.8 Å². The Morgan fingerprint density at radius 3 is 2.40 bits per heavy atom. The molecule has 1 heterocycles. The van der Waals surface area contributed by atoms with E-state index in [4.69, 9.17) is 4.74 Å². The topological polar surface area (TPSA) is 29.5 Å². The van der Waals surface area contributed by atoms with Gasteiger partial charge in [0, 0.05) is 24.2 Å². The first kappa shape index (κ1) is 17.9. The number of carbonyl (C=O) groups is 1. The molecule has 25 heavy (non-hydrogen) atoms. The Bertz CT molecular complexity index is 785. The Kier molecular flexibility index (Phi) is 5.42. The molecule has 1 aliphatic heterocycles. The number of carbonyl (C=O) groups excluding carboxylic acids is 1. The van der Waals surface area contributed by atoms with Crippen molar-refractivity contribution < 1.29 is 13.9 Å². The van der Waals surface area contributed by atoms with Crippen LogP contribution in [-0.4, -0.2) is 26.0 Å². The maximum absolute atomic E-state index is 14.6. The first-order chi connectivity index (χ1) is 12.0. The molecule has 0 radical (unpaired) electrons. The summed E-state index contributed by atoms with van der Waals surface area (Å²) >= 11 is 3.37. The average molecular weight is 406 g/mol. The molecule has 0 aromatic heterocycles. The molecule has 0 amide bonds. The average Bonchev–Trinajstić information content (AvgIpc) is 2.62. The van der Waals surface area contributed by atoms with Gasteiger partial charge < -0.3 is 9.64 Å². The Hall–Kier alpha value is -1.88. The number of rotatable bonds is 4. The fourth-order valence-corrected chi connectivity index (χ4v) is 3.67. The molecular weight excluding hydrogens is 385 g/mol. The zero-order chi connectivity index (χ0) is 18.0. The molecular formula is C20H21BrFNO2. The molecule has 2 aromatic carbocycles. The number of piperidine rings is 1. The second-order valence-corrected chi connectivity index (χ2v) is 7.37. The summed E-state index contributed by atoms with van der Waals surface area (Å²) in [6, 6.07) is 9.86. The molecule has 0 aliphatic carbocycles. The van der Waals surface area contributed by atoms with Crippen LogP contribution in [-0.2, 0) is 0 Å². The lowest BCUT2D eigenvalue weighted by atomic mass is 9.98. The number of benzene rings is 2. The third kappa shape index (κ3) is 3.87. The smallest absolute Gasteiger partial charge is 0.193 e. The predicted molar refractivity (Wildman–Crippen MR) is 101 cm³/mol. The molecule has 1 fully saturated rings. The number of halogens is 2. The molecule has 0 N–H and O–H groups in total. The molecule has 0 bridgehead atoms. The van der Waals surface area contributed by atoms with Crippen LogP contribution < -0.4 is 9.64 Å². The van der Waals surface area contributed by atoms with Gasteiger partial charge in [-0.3, -0.25) is 4.79 Å². The van der Waals surface area contributed by atoms with Crippen molar-refractivity contribution in [3.8, 4) is 5.75 Å². The first-order valence-electron chi connectivity index (χ1n) is 8.42. The summed E-state index contributed by atoms with van der Waals surface area (Å²) < 4.78 is 20.4. The van der Waals surface area contributed by atoms with Gasteiger partial charge in [0.25, 0.3) is 0 Å². The van der Waals surface area contributed by atoms with E-state index in [2.05, 4.69) is 27.8 Å². The van der Waals surface area contributed by atoms with Crippen molar-refractivity contribution in [3.63, 3.8) is 0 Å². The molecule has 2 aromatic rings. The van der Waals surface area contributed by atoms with E-state index >= 15 is 0 Å². The number of hydrogen-bond donors (Lipinski definition) is 0. The van der Waals surface area contributed by atoms with Crippen LogP contribution in [0.5, 0.6) is 5.75 Å². The molecule has 1 saturated heterocycles. The Morgan fingerprint density at radius 1 is 1.16 bits per heavy atom. The maximum Gasteiger partial charge on any atom is 0.193 e. The summed E-state index contributed by atoms with van der Waals surface area (Å²) in [5.41, 5.74) is 1.43. The quantitative estimate of drug-likeness (QED) is 0.665. The van der Waals surface area contributed by atoms with E-state index in [9.17, 15) is 9.18 Å². The third-order valence-corrected chi connectivity index (χ3v) is 5.37. The van der Waals surface area contributed by atoms with E-state index in [0.717, 1.165) is 25.9 Å². The number of nitrogens with zero attached hydrogens (tertiary/aromatic N) is 1. The summed E-state index contributed by atoms with van der Waals surface area (Å²) in [5.74, 6) is 0.792. The van der Waals surface area contributed by atoms with Gasteiger partial charge in [-0.05, 0) is 71.1 Å². The van der Waals surface area contributed by atoms with E-state index in [1.165, 1.54) is 6.07 Å². The zero-order valence-corrected chi connectivity index (χ0v) is 16.0. The first-order valence-corrected chi connectivity index (χ1v) is 9.21. The highest BCUT2D eigenvalue weighted by molar-refractivity contribution is 9.10. The van der Waals surface area contributed by atoms with Crippen molar-refractivity contribution in [1.29, 1.82) is 0 Å². The largest absolute Gasteiger partial charge is 0.496 e. The lowest BCUT2D eigenvalue weighted by Gasteiger charge is -2.32. The minimum absolute atomic E-state index is 0.207. The van der Waals surface area contributed by atoms with Crippen LogP contribution in [0.4, 0.5) is 10.1 Å². The van der Waals surface area contributed by atoms with Crippen molar-refractivity contribution >= 4 is 27.4 Å². The van der Waals surface area contributed by atoms with Crippen LogP contribution >= 0.6 is 15.9 Å². The molecule has 0 spiro atoms. The van der Waals surface area contributed by atoms with Crippen LogP contribution in [0.1, 0.15) is 35.7 Å². The van der Waals surface area contributed by atoms with Crippen LogP contribution in [0, 0.1) is 11.7 Å². The second kappa shape index (κ2) is 7.56. The Labute approximate surface area is 155 Å². The van der Waals surface area contributed by atoms with Gasteiger partial charge >= 0.3 is 0 Å². The fraction of sp³-hybridized carbons (Fsp3) is 0.350. The van der Waals surface area contributed by atoms with Gasteiger partial charge in [-0.1, -0.05) is 6.92 Å². The van der Waals surface area contributed by atoms with Gasteiger partial charge in [0.05, 0.1) is 17.3 Å². The second-order valence-electron chi connectivity index (χ2n) is 6.51. The van der Waals surface area contributed by atoms with E-state index in [-0.39, 0.29) is 11.6 Å². The van der Waals surface area contributed by atoms with E-state index < -0.39 is 0 Å². The molecule has 3 rings (SSSR count). The summed E-state index contributed by atoms with van der Waals surface area (Å²) in [4.78, 5) is 14.7. The molecule has 0 unspecified atom stereocenters. The van der Waals surface area contributed by atoms with Crippen LogP contribution in [0.3, 0.4) is 0 Å². The number of ketones is 1. The Balaban J connectivity index is 1.82. The predicted octanol–water partition coefficient (Wildman–Crippen LogP) is 5.06. The summed E-state index contributed by atoms with van der Waals surface area (Å²) in [7, 11) is 1.57. The van der Waals surface area contributed by atoms with Crippen molar-refractivity contribution in [3.05, 3.63) is 57.8 Å². The number of methoxy groups -OCH3 is 1. The highest BCUT2D eigenvalue weighted by Crippen LogP contribution is 2.29. The van der Waals surface area contributed by atoms with Crippen LogP contribution in [0.25, 0.3) is 0 Å². The zero-order valence-electron chi connectivity index (χ0n) is 14.4. The minimum Gasteiger partial charge on any atom is -0.496 e. The van der Waals surface area contributed by atoms with E-state index in [1.807, 2.05) is 0 Å². The molecule has 132 valence electrons. The summed E-state index contributed by atoms with van der Waals surface area (Å²) in [6.45, 7) is 3.94.